The van der Waals surface area contributed by atoms with Crippen LogP contribution in [0.25, 0.3) is 10.2 Å². The number of benzene rings is 2. The van der Waals surface area contributed by atoms with E-state index in [-0.39, 0.29) is 12.7 Å². The van der Waals surface area contributed by atoms with Crippen molar-refractivity contribution >= 4 is 39.2 Å². The van der Waals surface area contributed by atoms with E-state index in [9.17, 15) is 4.79 Å². The van der Waals surface area contributed by atoms with Gasteiger partial charge in [-0.2, -0.15) is 16.8 Å². The maximum Gasteiger partial charge on any atom is 0.279 e. The van der Waals surface area contributed by atoms with Crippen molar-refractivity contribution in [2.24, 2.45) is 4.99 Å². The summed E-state index contributed by atoms with van der Waals surface area (Å²) in [5.41, 5.74) is 1.55. The van der Waals surface area contributed by atoms with Crippen molar-refractivity contribution in [3.05, 3.63) is 46.8 Å². The van der Waals surface area contributed by atoms with Gasteiger partial charge in [0.05, 0.1) is 16.8 Å². The molecule has 0 aliphatic carbocycles. The molecule has 1 aromatic heterocycles. The molecule has 2 heterocycles. The molecule has 1 amide bonds. The highest BCUT2D eigenvalue weighted by atomic mass is 32.2. The molecule has 0 N–H and O–H groups in total. The highest BCUT2D eigenvalue weighted by molar-refractivity contribution is 7.98. The summed E-state index contributed by atoms with van der Waals surface area (Å²) in [6.07, 6.45) is 5.42. The summed E-state index contributed by atoms with van der Waals surface area (Å²) in [4.78, 5) is 18.0. The van der Waals surface area contributed by atoms with Crippen LogP contribution in [0.3, 0.4) is 0 Å². The van der Waals surface area contributed by atoms with Gasteiger partial charge in [-0.05, 0) is 36.9 Å². The quantitative estimate of drug-likeness (QED) is 0.417. The second-order valence-corrected chi connectivity index (χ2v) is 9.19. The number of amides is 1. The first kappa shape index (κ1) is 21.8. The molecule has 0 saturated carbocycles. The molecule has 1 aliphatic heterocycles. The van der Waals surface area contributed by atoms with Crippen LogP contribution in [0.15, 0.2) is 41.4 Å². The van der Waals surface area contributed by atoms with Gasteiger partial charge in [-0.25, -0.2) is 0 Å². The van der Waals surface area contributed by atoms with E-state index in [0.717, 1.165) is 59.0 Å². The Hall–Kier alpha value is -2.45. The normalized spacial score (nSPS) is 13.2. The van der Waals surface area contributed by atoms with Crippen LogP contribution in [0.2, 0.25) is 0 Å². The predicted molar refractivity (Wildman–Crippen MR) is 126 cm³/mol. The smallest absolute Gasteiger partial charge is 0.279 e. The maximum atomic E-state index is 12.9. The van der Waals surface area contributed by atoms with Crippen LogP contribution in [0, 0.1) is 0 Å². The van der Waals surface area contributed by atoms with Crippen molar-refractivity contribution in [3.8, 4) is 17.2 Å². The minimum atomic E-state index is -0.262. The van der Waals surface area contributed by atoms with Crippen LogP contribution in [-0.4, -0.2) is 35.9 Å². The topological polar surface area (TPSA) is 62.0 Å². The van der Waals surface area contributed by atoms with Gasteiger partial charge in [0, 0.05) is 30.0 Å². The fraction of sp³-hybridized carbons (Fsp3) is 0.391. The SMILES string of the molecule is CCCCCOc1ccc(C(=O)N=c2sc3cc4c(cc3n2CCSC)OCO4)cc1. The van der Waals surface area contributed by atoms with E-state index in [1.54, 1.807) is 23.9 Å². The van der Waals surface area contributed by atoms with Gasteiger partial charge in [0.2, 0.25) is 6.79 Å². The Bertz CT molecular complexity index is 1120. The number of ether oxygens (including phenoxy) is 3. The molecule has 0 spiro atoms. The summed E-state index contributed by atoms with van der Waals surface area (Å²) in [7, 11) is 0. The number of carbonyl (C=O) groups excluding carboxylic acids is 1. The Morgan fingerprint density at radius 3 is 2.71 bits per heavy atom. The lowest BCUT2D eigenvalue weighted by Crippen LogP contribution is -2.18. The van der Waals surface area contributed by atoms with Crippen molar-refractivity contribution in [1.29, 1.82) is 0 Å². The summed E-state index contributed by atoms with van der Waals surface area (Å²) in [5, 5.41) is 0. The minimum Gasteiger partial charge on any atom is -0.494 e. The first-order chi connectivity index (χ1) is 15.2. The van der Waals surface area contributed by atoms with Gasteiger partial charge in [-0.1, -0.05) is 31.1 Å². The maximum absolute atomic E-state index is 12.9. The number of aryl methyl sites for hydroxylation is 1. The molecule has 0 fully saturated rings. The second-order valence-electron chi connectivity index (χ2n) is 7.20. The number of nitrogens with zero attached hydrogens (tertiary/aromatic N) is 2. The number of unbranched alkanes of at least 4 members (excludes halogenated alkanes) is 2. The summed E-state index contributed by atoms with van der Waals surface area (Å²) in [6, 6.07) is 11.2. The lowest BCUT2D eigenvalue weighted by atomic mass is 10.2. The van der Waals surface area contributed by atoms with Gasteiger partial charge in [-0.3, -0.25) is 4.79 Å². The summed E-state index contributed by atoms with van der Waals surface area (Å²) in [5.74, 6) is 2.90. The summed E-state index contributed by atoms with van der Waals surface area (Å²) < 4.78 is 19.9. The van der Waals surface area contributed by atoms with Crippen LogP contribution >= 0.6 is 23.1 Å². The Balaban J connectivity index is 1.59. The lowest BCUT2D eigenvalue weighted by Gasteiger charge is -2.06. The molecule has 31 heavy (non-hydrogen) atoms. The molecule has 0 saturated heterocycles. The van der Waals surface area contributed by atoms with Crippen LogP contribution in [0.4, 0.5) is 0 Å². The molecule has 0 atom stereocenters. The van der Waals surface area contributed by atoms with Crippen LogP contribution in [0.1, 0.15) is 36.5 Å². The van der Waals surface area contributed by atoms with E-state index in [2.05, 4.69) is 22.7 Å². The number of thiazole rings is 1. The van der Waals surface area contributed by atoms with Crippen molar-refractivity contribution in [1.82, 2.24) is 4.57 Å². The molecule has 4 rings (SSSR count). The third kappa shape index (κ3) is 5.07. The molecule has 8 heteroatoms. The van der Waals surface area contributed by atoms with Crippen molar-refractivity contribution in [3.63, 3.8) is 0 Å². The largest absolute Gasteiger partial charge is 0.494 e. The molecule has 0 radical (unpaired) electrons. The minimum absolute atomic E-state index is 0.242. The number of thioether (sulfide) groups is 1. The van der Waals surface area contributed by atoms with E-state index in [1.807, 2.05) is 24.3 Å². The van der Waals surface area contributed by atoms with Crippen LogP contribution in [-0.2, 0) is 6.54 Å². The number of hydrogen-bond donors (Lipinski definition) is 0. The zero-order valence-corrected chi connectivity index (χ0v) is 19.4. The third-order valence-corrected chi connectivity index (χ3v) is 6.64. The molecule has 0 bridgehead atoms. The fourth-order valence-electron chi connectivity index (χ4n) is 3.33. The lowest BCUT2D eigenvalue weighted by molar-refractivity contribution is 0.0998. The number of carbonyl (C=O) groups is 1. The van der Waals surface area contributed by atoms with Crippen molar-refractivity contribution in [2.45, 2.75) is 32.7 Å². The van der Waals surface area contributed by atoms with Crippen molar-refractivity contribution in [2.75, 3.05) is 25.4 Å². The molecule has 164 valence electrons. The average Bonchev–Trinajstić information content (AvgIpc) is 3.37. The van der Waals surface area contributed by atoms with Crippen LogP contribution in [0.5, 0.6) is 17.2 Å². The van der Waals surface area contributed by atoms with E-state index in [1.165, 1.54) is 11.3 Å². The van der Waals surface area contributed by atoms with Crippen molar-refractivity contribution < 1.29 is 19.0 Å². The van der Waals surface area contributed by atoms with E-state index < -0.39 is 0 Å². The van der Waals surface area contributed by atoms with E-state index in [0.29, 0.717) is 17.0 Å². The summed E-state index contributed by atoms with van der Waals surface area (Å²) in [6.45, 7) is 3.86. The first-order valence-electron chi connectivity index (χ1n) is 10.4. The molecular formula is C23H26N2O4S2. The molecular weight excluding hydrogens is 432 g/mol. The molecule has 1 aliphatic rings. The standard InChI is InChI=1S/C23H26N2O4S2/c1-3-4-5-11-27-17-8-6-16(7-9-17)22(26)24-23-25(10-12-30-2)18-13-19-20(29-15-28-19)14-21(18)31-23/h6-9,13-14H,3-5,10-12,15H2,1-2H3. The number of hydrogen-bond acceptors (Lipinski definition) is 6. The predicted octanol–water partition coefficient (Wildman–Crippen LogP) is 5.10. The molecule has 6 nitrogen and oxygen atoms in total. The Morgan fingerprint density at radius 1 is 1.19 bits per heavy atom. The van der Waals surface area contributed by atoms with Gasteiger partial charge < -0.3 is 18.8 Å². The van der Waals surface area contributed by atoms with Gasteiger partial charge in [-0.15, -0.1) is 0 Å². The fourth-order valence-corrected chi connectivity index (χ4v) is 4.76. The zero-order chi connectivity index (χ0) is 21.6. The van der Waals surface area contributed by atoms with Crippen LogP contribution < -0.4 is 19.0 Å². The van der Waals surface area contributed by atoms with E-state index in [4.69, 9.17) is 14.2 Å². The second kappa shape index (κ2) is 10.2. The molecule has 3 aromatic rings. The Labute approximate surface area is 189 Å². The Kier molecular flexibility index (Phi) is 7.19. The first-order valence-corrected chi connectivity index (χ1v) is 12.6. The zero-order valence-electron chi connectivity index (χ0n) is 17.8. The van der Waals surface area contributed by atoms with Gasteiger partial charge in [0.25, 0.3) is 5.91 Å². The molecule has 2 aromatic carbocycles. The number of aromatic nitrogens is 1. The third-order valence-electron chi connectivity index (χ3n) is 5.01. The highest BCUT2D eigenvalue weighted by Crippen LogP contribution is 2.37. The number of rotatable bonds is 9. The average molecular weight is 459 g/mol. The van der Waals surface area contributed by atoms with Gasteiger partial charge in [0.1, 0.15) is 5.75 Å². The van der Waals surface area contributed by atoms with E-state index >= 15 is 0 Å². The summed E-state index contributed by atoms with van der Waals surface area (Å²) >= 11 is 3.24. The van der Waals surface area contributed by atoms with Gasteiger partial charge >= 0.3 is 0 Å². The molecule has 0 unspecified atom stereocenters. The highest BCUT2D eigenvalue weighted by Gasteiger charge is 2.18. The van der Waals surface area contributed by atoms with Gasteiger partial charge in [0.15, 0.2) is 16.3 Å². The monoisotopic (exact) mass is 458 g/mol. The number of fused-ring (bicyclic) bond motifs is 2. The Morgan fingerprint density at radius 2 is 1.97 bits per heavy atom.